The van der Waals surface area contributed by atoms with E-state index in [9.17, 15) is 0 Å². The molecule has 2 rings (SSSR count). The molecular weight excluding hydrogens is 250 g/mol. The van der Waals surface area contributed by atoms with E-state index in [0.717, 1.165) is 32.1 Å². The molecule has 20 heavy (non-hydrogen) atoms. The van der Waals surface area contributed by atoms with Crippen LogP contribution in [0, 0.1) is 13.8 Å². The van der Waals surface area contributed by atoms with Crippen LogP contribution in [-0.2, 0) is 17.8 Å². The zero-order chi connectivity index (χ0) is 14.4. The molecule has 0 unspecified atom stereocenters. The lowest BCUT2D eigenvalue weighted by Crippen LogP contribution is -2.21. The number of aryl methyl sites for hydroxylation is 2. The number of nitrogens with zero attached hydrogens (tertiary/aromatic N) is 2. The molecule has 0 atom stereocenters. The average Bonchev–Trinajstić information content (AvgIpc) is 2.86. The van der Waals surface area contributed by atoms with Gasteiger partial charge < -0.3 is 14.6 Å². The third-order valence-corrected chi connectivity index (χ3v) is 3.49. The molecule has 0 fully saturated rings. The minimum atomic E-state index is 0.720. The standard InChI is InChI=1S/C16H23N3O/c1-13-4-5-15(10-14(13)2)12-19-8-6-18-16(19)11-17-7-9-20-3/h4-6,8,10,17H,7,9,11-12H2,1-3H3. The summed E-state index contributed by atoms with van der Waals surface area (Å²) in [6.07, 6.45) is 3.89. The third-order valence-electron chi connectivity index (χ3n) is 3.49. The van der Waals surface area contributed by atoms with Crippen molar-refractivity contribution < 1.29 is 4.74 Å². The first kappa shape index (κ1) is 14.8. The van der Waals surface area contributed by atoms with Crippen molar-refractivity contribution in [3.63, 3.8) is 0 Å². The number of methoxy groups -OCH3 is 1. The minimum Gasteiger partial charge on any atom is -0.383 e. The second kappa shape index (κ2) is 7.22. The molecule has 1 N–H and O–H groups in total. The number of aromatic nitrogens is 2. The molecule has 0 saturated heterocycles. The van der Waals surface area contributed by atoms with Crippen LogP contribution in [0.3, 0.4) is 0 Å². The maximum Gasteiger partial charge on any atom is 0.122 e. The van der Waals surface area contributed by atoms with Crippen molar-refractivity contribution in [1.29, 1.82) is 0 Å². The summed E-state index contributed by atoms with van der Waals surface area (Å²) in [5, 5.41) is 3.33. The molecule has 0 aliphatic rings. The highest BCUT2D eigenvalue weighted by atomic mass is 16.5. The average molecular weight is 273 g/mol. The molecular formula is C16H23N3O. The number of benzene rings is 1. The van der Waals surface area contributed by atoms with Gasteiger partial charge in [0.05, 0.1) is 13.2 Å². The summed E-state index contributed by atoms with van der Waals surface area (Å²) >= 11 is 0. The van der Waals surface area contributed by atoms with E-state index in [1.165, 1.54) is 16.7 Å². The van der Waals surface area contributed by atoms with Crippen molar-refractivity contribution in [2.45, 2.75) is 26.9 Å². The number of rotatable bonds is 7. The Morgan fingerprint density at radius 1 is 1.25 bits per heavy atom. The lowest BCUT2D eigenvalue weighted by Gasteiger charge is -2.10. The van der Waals surface area contributed by atoms with Crippen LogP contribution in [0.5, 0.6) is 0 Å². The van der Waals surface area contributed by atoms with Crippen molar-refractivity contribution in [2.75, 3.05) is 20.3 Å². The Kier molecular flexibility index (Phi) is 5.32. The molecule has 4 heteroatoms. The van der Waals surface area contributed by atoms with Gasteiger partial charge in [-0.25, -0.2) is 4.98 Å². The maximum atomic E-state index is 5.02. The minimum absolute atomic E-state index is 0.720. The molecule has 1 heterocycles. The number of ether oxygens (including phenoxy) is 1. The SMILES string of the molecule is COCCNCc1nccn1Cc1ccc(C)c(C)c1. The van der Waals surface area contributed by atoms with Gasteiger partial charge in [0.2, 0.25) is 0 Å². The lowest BCUT2D eigenvalue weighted by molar-refractivity contribution is 0.199. The van der Waals surface area contributed by atoms with Crippen molar-refractivity contribution in [1.82, 2.24) is 14.9 Å². The Balaban J connectivity index is 1.99. The molecule has 1 aromatic carbocycles. The number of hydrogen-bond acceptors (Lipinski definition) is 3. The second-order valence-electron chi connectivity index (χ2n) is 5.06. The van der Waals surface area contributed by atoms with E-state index in [4.69, 9.17) is 4.74 Å². The van der Waals surface area contributed by atoms with Gasteiger partial charge in [0.25, 0.3) is 0 Å². The number of nitrogens with one attached hydrogen (secondary N) is 1. The predicted molar refractivity (Wildman–Crippen MR) is 80.8 cm³/mol. The van der Waals surface area contributed by atoms with Gasteiger partial charge in [-0.2, -0.15) is 0 Å². The molecule has 0 bridgehead atoms. The van der Waals surface area contributed by atoms with Crippen LogP contribution in [-0.4, -0.2) is 29.8 Å². The first-order valence-corrected chi connectivity index (χ1v) is 6.96. The Morgan fingerprint density at radius 2 is 2.10 bits per heavy atom. The van der Waals surface area contributed by atoms with Gasteiger partial charge in [0, 0.05) is 32.6 Å². The lowest BCUT2D eigenvalue weighted by atomic mass is 10.1. The van der Waals surface area contributed by atoms with E-state index in [0.29, 0.717) is 0 Å². The fourth-order valence-corrected chi connectivity index (χ4v) is 2.12. The van der Waals surface area contributed by atoms with Gasteiger partial charge in [0.1, 0.15) is 5.82 Å². The third kappa shape index (κ3) is 3.92. The molecule has 0 spiro atoms. The summed E-state index contributed by atoms with van der Waals surface area (Å²) in [7, 11) is 1.71. The van der Waals surface area contributed by atoms with E-state index in [1.54, 1.807) is 7.11 Å². The van der Waals surface area contributed by atoms with Gasteiger partial charge in [-0.05, 0) is 30.5 Å². The maximum absolute atomic E-state index is 5.02. The summed E-state index contributed by atoms with van der Waals surface area (Å²) in [5.41, 5.74) is 3.98. The van der Waals surface area contributed by atoms with Crippen LogP contribution in [0.15, 0.2) is 30.6 Å². The highest BCUT2D eigenvalue weighted by Crippen LogP contribution is 2.12. The fraction of sp³-hybridized carbons (Fsp3) is 0.438. The zero-order valence-electron chi connectivity index (χ0n) is 12.5. The van der Waals surface area contributed by atoms with Crippen LogP contribution in [0.2, 0.25) is 0 Å². The monoisotopic (exact) mass is 273 g/mol. The quantitative estimate of drug-likeness (QED) is 0.787. The van der Waals surface area contributed by atoms with Crippen LogP contribution < -0.4 is 5.32 Å². The Bertz CT molecular complexity index is 548. The molecule has 4 nitrogen and oxygen atoms in total. The molecule has 0 saturated carbocycles. The first-order chi connectivity index (χ1) is 9.70. The second-order valence-corrected chi connectivity index (χ2v) is 5.06. The molecule has 108 valence electrons. The topological polar surface area (TPSA) is 39.1 Å². The highest BCUT2D eigenvalue weighted by Gasteiger charge is 2.04. The van der Waals surface area contributed by atoms with E-state index in [2.05, 4.69) is 46.9 Å². The Morgan fingerprint density at radius 3 is 2.85 bits per heavy atom. The molecule has 2 aromatic rings. The number of hydrogen-bond donors (Lipinski definition) is 1. The van der Waals surface area contributed by atoms with E-state index in [1.807, 2.05) is 12.4 Å². The van der Waals surface area contributed by atoms with Gasteiger partial charge >= 0.3 is 0 Å². The Labute approximate surface area is 120 Å². The number of imidazole rings is 1. The summed E-state index contributed by atoms with van der Waals surface area (Å²) in [4.78, 5) is 4.41. The fourth-order valence-electron chi connectivity index (χ4n) is 2.12. The van der Waals surface area contributed by atoms with Crippen LogP contribution in [0.25, 0.3) is 0 Å². The summed E-state index contributed by atoms with van der Waals surface area (Å²) in [5.74, 6) is 1.05. The zero-order valence-corrected chi connectivity index (χ0v) is 12.5. The molecule has 0 aliphatic heterocycles. The highest BCUT2D eigenvalue weighted by molar-refractivity contribution is 5.30. The first-order valence-electron chi connectivity index (χ1n) is 6.96. The Hall–Kier alpha value is -1.65. The van der Waals surface area contributed by atoms with Crippen LogP contribution in [0.4, 0.5) is 0 Å². The predicted octanol–water partition coefficient (Wildman–Crippen LogP) is 2.28. The largest absolute Gasteiger partial charge is 0.383 e. The molecule has 0 amide bonds. The van der Waals surface area contributed by atoms with E-state index >= 15 is 0 Å². The molecule has 0 radical (unpaired) electrons. The van der Waals surface area contributed by atoms with Crippen molar-refractivity contribution >= 4 is 0 Å². The summed E-state index contributed by atoms with van der Waals surface area (Å²) < 4.78 is 7.21. The summed E-state index contributed by atoms with van der Waals surface area (Å²) in [6.45, 7) is 7.48. The van der Waals surface area contributed by atoms with Gasteiger partial charge in [-0.3, -0.25) is 0 Å². The van der Waals surface area contributed by atoms with Crippen molar-refractivity contribution in [3.8, 4) is 0 Å². The summed E-state index contributed by atoms with van der Waals surface area (Å²) in [6, 6.07) is 6.61. The molecule has 1 aromatic heterocycles. The van der Waals surface area contributed by atoms with E-state index in [-0.39, 0.29) is 0 Å². The normalized spacial score (nSPS) is 10.9. The van der Waals surface area contributed by atoms with Crippen molar-refractivity contribution in [2.24, 2.45) is 0 Å². The van der Waals surface area contributed by atoms with Crippen molar-refractivity contribution in [3.05, 3.63) is 53.1 Å². The van der Waals surface area contributed by atoms with Gasteiger partial charge in [-0.1, -0.05) is 18.2 Å². The van der Waals surface area contributed by atoms with Gasteiger partial charge in [-0.15, -0.1) is 0 Å². The van der Waals surface area contributed by atoms with Crippen LogP contribution in [0.1, 0.15) is 22.5 Å². The van der Waals surface area contributed by atoms with Crippen LogP contribution >= 0.6 is 0 Å². The van der Waals surface area contributed by atoms with E-state index < -0.39 is 0 Å². The van der Waals surface area contributed by atoms with Gasteiger partial charge in [0.15, 0.2) is 0 Å². The smallest absolute Gasteiger partial charge is 0.122 e. The molecule has 0 aliphatic carbocycles.